The molecule has 0 aliphatic carbocycles. The van der Waals surface area contributed by atoms with Gasteiger partial charge in [-0.3, -0.25) is 0 Å². The lowest BCUT2D eigenvalue weighted by Gasteiger charge is -2.21. The Hall–Kier alpha value is -1.88. The molecular formula is C26H33ClN2OS. The molecule has 0 aliphatic heterocycles. The van der Waals surface area contributed by atoms with Crippen LogP contribution in [-0.4, -0.2) is 36.1 Å². The van der Waals surface area contributed by atoms with Crippen LogP contribution in [0.15, 0.2) is 42.5 Å². The Balaban J connectivity index is 1.45. The molecule has 5 heteroatoms. The lowest BCUT2D eigenvalue weighted by molar-refractivity contribution is 0.229. The van der Waals surface area contributed by atoms with Crippen LogP contribution in [0.1, 0.15) is 56.5 Å². The van der Waals surface area contributed by atoms with Crippen molar-refractivity contribution in [2.24, 2.45) is 0 Å². The Labute approximate surface area is 195 Å². The third-order valence-electron chi connectivity index (χ3n) is 5.21. The third-order valence-corrected chi connectivity index (χ3v) is 6.44. The molecule has 0 unspecified atom stereocenters. The van der Waals surface area contributed by atoms with Gasteiger partial charge in [0.25, 0.3) is 0 Å². The summed E-state index contributed by atoms with van der Waals surface area (Å²) in [5.41, 5.74) is 2.08. The molecule has 0 atom stereocenters. The summed E-state index contributed by atoms with van der Waals surface area (Å²) in [5, 5.41) is 1.70. The second-order valence-electron chi connectivity index (χ2n) is 7.82. The van der Waals surface area contributed by atoms with Crippen LogP contribution in [0.5, 0.6) is 5.75 Å². The van der Waals surface area contributed by atoms with Gasteiger partial charge in [-0.1, -0.05) is 56.5 Å². The monoisotopic (exact) mass is 456 g/mol. The van der Waals surface area contributed by atoms with E-state index in [0.29, 0.717) is 0 Å². The highest BCUT2D eigenvalue weighted by Gasteiger charge is 2.04. The zero-order chi connectivity index (χ0) is 21.9. The minimum atomic E-state index is 0.721. The molecule has 1 heterocycles. The van der Waals surface area contributed by atoms with E-state index < -0.39 is 0 Å². The number of unbranched alkanes of at least 4 members (excludes halogenated alkanes) is 2. The quantitative estimate of drug-likeness (QED) is 0.245. The fraction of sp³-hybridized carbons (Fsp3) is 0.423. The number of ether oxygens (including phenoxy) is 1. The van der Waals surface area contributed by atoms with Gasteiger partial charge in [0, 0.05) is 11.6 Å². The number of halogens is 1. The van der Waals surface area contributed by atoms with Crippen molar-refractivity contribution in [2.75, 3.05) is 26.2 Å². The Morgan fingerprint density at radius 3 is 2.35 bits per heavy atom. The molecule has 0 saturated carbocycles. The molecule has 2 aromatic carbocycles. The van der Waals surface area contributed by atoms with E-state index in [4.69, 9.17) is 16.3 Å². The van der Waals surface area contributed by atoms with Gasteiger partial charge >= 0.3 is 0 Å². The smallest absolute Gasteiger partial charge is 0.119 e. The lowest BCUT2D eigenvalue weighted by Crippen LogP contribution is -2.28. The number of rotatable bonds is 13. The van der Waals surface area contributed by atoms with Gasteiger partial charge in [-0.2, -0.15) is 0 Å². The van der Waals surface area contributed by atoms with Crippen molar-refractivity contribution in [3.63, 3.8) is 0 Å². The predicted molar refractivity (Wildman–Crippen MR) is 136 cm³/mol. The van der Waals surface area contributed by atoms with Crippen LogP contribution in [0, 0.1) is 0 Å². The second kappa shape index (κ2) is 12.8. The van der Waals surface area contributed by atoms with E-state index in [1.807, 2.05) is 30.3 Å². The molecule has 0 bridgehead atoms. The van der Waals surface area contributed by atoms with Gasteiger partial charge in [0.15, 0.2) is 0 Å². The highest BCUT2D eigenvalue weighted by molar-refractivity contribution is 7.19. The summed E-state index contributed by atoms with van der Waals surface area (Å²) in [6.07, 6.45) is 10.3. The molecule has 3 rings (SSSR count). The third kappa shape index (κ3) is 7.95. The van der Waals surface area contributed by atoms with E-state index in [-0.39, 0.29) is 0 Å². The first kappa shape index (κ1) is 23.8. The maximum atomic E-state index is 6.05. The summed E-state index contributed by atoms with van der Waals surface area (Å²) in [4.78, 5) is 7.21. The zero-order valence-electron chi connectivity index (χ0n) is 18.6. The molecule has 166 valence electrons. The molecule has 0 amide bonds. The first-order valence-electron chi connectivity index (χ1n) is 11.4. The molecule has 1 aromatic heterocycles. The van der Waals surface area contributed by atoms with Gasteiger partial charge in [-0.05, 0) is 74.3 Å². The van der Waals surface area contributed by atoms with Gasteiger partial charge < -0.3 is 9.64 Å². The van der Waals surface area contributed by atoms with Crippen LogP contribution in [0.3, 0.4) is 0 Å². The van der Waals surface area contributed by atoms with Crippen molar-refractivity contribution in [1.29, 1.82) is 0 Å². The fourth-order valence-electron chi connectivity index (χ4n) is 3.41. The van der Waals surface area contributed by atoms with Crippen LogP contribution < -0.4 is 4.74 Å². The SMILES string of the molecule is CCCCN(CCCC)CCCOc1ccc(/C=C/c2nc3cc(Cl)ccc3s2)cc1. The van der Waals surface area contributed by atoms with Gasteiger partial charge in [0.05, 0.1) is 16.8 Å². The largest absolute Gasteiger partial charge is 0.494 e. The van der Waals surface area contributed by atoms with Crippen molar-refractivity contribution < 1.29 is 4.74 Å². The summed E-state index contributed by atoms with van der Waals surface area (Å²) >= 11 is 7.72. The minimum Gasteiger partial charge on any atom is -0.494 e. The van der Waals surface area contributed by atoms with E-state index in [0.717, 1.165) is 51.1 Å². The molecule has 0 aliphatic rings. The van der Waals surface area contributed by atoms with E-state index in [1.165, 1.54) is 38.8 Å². The summed E-state index contributed by atoms with van der Waals surface area (Å²) in [5.74, 6) is 0.931. The van der Waals surface area contributed by atoms with E-state index >= 15 is 0 Å². The van der Waals surface area contributed by atoms with Crippen LogP contribution in [-0.2, 0) is 0 Å². The Morgan fingerprint density at radius 1 is 0.935 bits per heavy atom. The Morgan fingerprint density at radius 2 is 1.65 bits per heavy atom. The number of hydrogen-bond acceptors (Lipinski definition) is 4. The van der Waals surface area contributed by atoms with Crippen LogP contribution in [0.2, 0.25) is 5.02 Å². The minimum absolute atomic E-state index is 0.721. The van der Waals surface area contributed by atoms with Gasteiger partial charge in [-0.15, -0.1) is 11.3 Å². The predicted octanol–water partition coefficient (Wildman–Crippen LogP) is 7.79. The van der Waals surface area contributed by atoms with Crippen molar-refractivity contribution in [2.45, 2.75) is 46.0 Å². The standard InChI is InChI=1S/C26H33ClN2OS/c1-3-5-16-29(17-6-4-2)18-7-19-30-23-12-8-21(9-13-23)10-15-26-28-24-20-22(27)11-14-25(24)31-26/h8-15,20H,3-7,16-19H2,1-2H3/b15-10+. The number of hydrogen-bond donors (Lipinski definition) is 0. The maximum Gasteiger partial charge on any atom is 0.119 e. The van der Waals surface area contributed by atoms with Gasteiger partial charge in [-0.25, -0.2) is 4.98 Å². The number of benzene rings is 2. The molecule has 3 aromatic rings. The van der Waals surface area contributed by atoms with Crippen LogP contribution in [0.25, 0.3) is 22.4 Å². The second-order valence-corrected chi connectivity index (χ2v) is 9.32. The average molecular weight is 457 g/mol. The molecule has 0 fully saturated rings. The summed E-state index contributed by atoms with van der Waals surface area (Å²) in [7, 11) is 0. The topological polar surface area (TPSA) is 25.4 Å². The van der Waals surface area contributed by atoms with E-state index in [9.17, 15) is 0 Å². The molecule has 0 N–H and O–H groups in total. The zero-order valence-corrected chi connectivity index (χ0v) is 20.2. The van der Waals surface area contributed by atoms with E-state index in [1.54, 1.807) is 11.3 Å². The highest BCUT2D eigenvalue weighted by atomic mass is 35.5. The van der Waals surface area contributed by atoms with Crippen molar-refractivity contribution >= 4 is 45.3 Å². The average Bonchev–Trinajstić information content (AvgIpc) is 3.19. The molecular weight excluding hydrogens is 424 g/mol. The first-order valence-corrected chi connectivity index (χ1v) is 12.6. The van der Waals surface area contributed by atoms with Crippen molar-refractivity contribution in [1.82, 2.24) is 9.88 Å². The highest BCUT2D eigenvalue weighted by Crippen LogP contribution is 2.26. The number of thiazole rings is 1. The lowest BCUT2D eigenvalue weighted by atomic mass is 10.2. The molecule has 0 saturated heterocycles. The Bertz CT molecular complexity index is 944. The summed E-state index contributed by atoms with van der Waals surface area (Å²) < 4.78 is 7.11. The maximum absolute atomic E-state index is 6.05. The fourth-order valence-corrected chi connectivity index (χ4v) is 4.43. The molecule has 3 nitrogen and oxygen atoms in total. The van der Waals surface area contributed by atoms with Gasteiger partial charge in [0.1, 0.15) is 10.8 Å². The van der Waals surface area contributed by atoms with Crippen LogP contribution >= 0.6 is 22.9 Å². The van der Waals surface area contributed by atoms with Crippen molar-refractivity contribution in [3.8, 4) is 5.75 Å². The first-order chi connectivity index (χ1) is 15.2. The normalized spacial score (nSPS) is 11.7. The molecule has 0 radical (unpaired) electrons. The Kier molecular flexibility index (Phi) is 9.85. The van der Waals surface area contributed by atoms with Crippen LogP contribution in [0.4, 0.5) is 0 Å². The summed E-state index contributed by atoms with van der Waals surface area (Å²) in [6.45, 7) is 8.81. The van der Waals surface area contributed by atoms with Gasteiger partial charge in [0.2, 0.25) is 0 Å². The number of nitrogens with zero attached hydrogens (tertiary/aromatic N) is 2. The van der Waals surface area contributed by atoms with E-state index in [2.05, 4.69) is 48.0 Å². The summed E-state index contributed by atoms with van der Waals surface area (Å²) in [6, 6.07) is 14.1. The molecule has 0 spiro atoms. The van der Waals surface area contributed by atoms with Crippen molar-refractivity contribution in [3.05, 3.63) is 58.1 Å². The molecule has 31 heavy (non-hydrogen) atoms. The number of fused-ring (bicyclic) bond motifs is 1. The number of aromatic nitrogens is 1.